The molecule has 1 atom stereocenters. The molecule has 0 aromatic carbocycles. The van der Waals surface area contributed by atoms with Crippen LogP contribution in [0, 0.1) is 0 Å². The van der Waals surface area contributed by atoms with E-state index in [0.717, 1.165) is 0 Å². The maximum atomic E-state index is 11.9. The number of likely N-dealkylation sites (tertiary alicyclic amines) is 1. The molecule has 2 heterocycles. The summed E-state index contributed by atoms with van der Waals surface area (Å²) >= 11 is 5.86. The molecule has 1 saturated heterocycles. The summed E-state index contributed by atoms with van der Waals surface area (Å²) in [6.07, 6.45) is 3.20. The SMILES string of the molecule is O=C(c1ccncc1Cl)N1CC[C@H](O)C1. The molecular weight excluding hydrogens is 216 g/mol. The van der Waals surface area contributed by atoms with Crippen LogP contribution in [0.25, 0.3) is 0 Å². The lowest BCUT2D eigenvalue weighted by molar-refractivity contribution is 0.0765. The minimum atomic E-state index is -0.408. The van der Waals surface area contributed by atoms with E-state index in [-0.39, 0.29) is 5.91 Å². The maximum absolute atomic E-state index is 11.9. The molecule has 0 saturated carbocycles. The molecule has 1 aliphatic heterocycles. The molecule has 80 valence electrons. The number of hydrogen-bond acceptors (Lipinski definition) is 3. The second-order valence-electron chi connectivity index (χ2n) is 3.55. The largest absolute Gasteiger partial charge is 0.391 e. The highest BCUT2D eigenvalue weighted by atomic mass is 35.5. The first-order valence-electron chi connectivity index (χ1n) is 4.75. The minimum Gasteiger partial charge on any atom is -0.391 e. The quantitative estimate of drug-likeness (QED) is 0.776. The van der Waals surface area contributed by atoms with Crippen LogP contribution in [0.1, 0.15) is 16.8 Å². The number of aromatic nitrogens is 1. The highest BCUT2D eigenvalue weighted by Crippen LogP contribution is 2.18. The Balaban J connectivity index is 2.18. The van der Waals surface area contributed by atoms with Crippen molar-refractivity contribution in [3.8, 4) is 0 Å². The molecule has 1 fully saturated rings. The molecule has 0 spiro atoms. The second-order valence-corrected chi connectivity index (χ2v) is 3.96. The van der Waals surface area contributed by atoms with Crippen molar-refractivity contribution in [2.75, 3.05) is 13.1 Å². The van der Waals surface area contributed by atoms with Gasteiger partial charge in [-0.2, -0.15) is 0 Å². The lowest BCUT2D eigenvalue weighted by Gasteiger charge is -2.15. The maximum Gasteiger partial charge on any atom is 0.255 e. The monoisotopic (exact) mass is 226 g/mol. The summed E-state index contributed by atoms with van der Waals surface area (Å²) < 4.78 is 0. The zero-order chi connectivity index (χ0) is 10.8. The molecule has 0 bridgehead atoms. The van der Waals surface area contributed by atoms with Crippen LogP contribution in [-0.2, 0) is 0 Å². The fourth-order valence-electron chi connectivity index (χ4n) is 1.65. The van der Waals surface area contributed by atoms with Gasteiger partial charge in [0.15, 0.2) is 0 Å². The molecule has 5 heteroatoms. The number of rotatable bonds is 1. The van der Waals surface area contributed by atoms with E-state index in [4.69, 9.17) is 11.6 Å². The van der Waals surface area contributed by atoms with Gasteiger partial charge in [0.2, 0.25) is 0 Å². The average Bonchev–Trinajstić information content (AvgIpc) is 2.65. The van der Waals surface area contributed by atoms with Gasteiger partial charge >= 0.3 is 0 Å². The van der Waals surface area contributed by atoms with Crippen LogP contribution in [0.3, 0.4) is 0 Å². The summed E-state index contributed by atoms with van der Waals surface area (Å²) in [7, 11) is 0. The molecule has 0 radical (unpaired) electrons. The highest BCUT2D eigenvalue weighted by molar-refractivity contribution is 6.33. The van der Waals surface area contributed by atoms with Crippen molar-refractivity contribution < 1.29 is 9.90 Å². The van der Waals surface area contributed by atoms with Gasteiger partial charge < -0.3 is 10.0 Å². The lowest BCUT2D eigenvalue weighted by Crippen LogP contribution is -2.29. The van der Waals surface area contributed by atoms with E-state index in [0.29, 0.717) is 30.1 Å². The zero-order valence-corrected chi connectivity index (χ0v) is 8.81. The number of carbonyl (C=O) groups excluding carboxylic acids is 1. The van der Waals surface area contributed by atoms with Crippen LogP contribution >= 0.6 is 11.6 Å². The van der Waals surface area contributed by atoms with Crippen LogP contribution in [0.15, 0.2) is 18.5 Å². The Morgan fingerprint density at radius 2 is 2.47 bits per heavy atom. The van der Waals surface area contributed by atoms with Crippen LogP contribution in [-0.4, -0.2) is 40.1 Å². The molecule has 2 rings (SSSR count). The first kappa shape index (κ1) is 10.4. The highest BCUT2D eigenvalue weighted by Gasteiger charge is 2.26. The Labute approximate surface area is 92.5 Å². The van der Waals surface area contributed by atoms with Gasteiger partial charge in [-0.15, -0.1) is 0 Å². The molecule has 0 aliphatic carbocycles. The predicted molar refractivity (Wildman–Crippen MR) is 55.8 cm³/mol. The summed E-state index contributed by atoms with van der Waals surface area (Å²) in [5, 5.41) is 9.68. The van der Waals surface area contributed by atoms with Crippen molar-refractivity contribution in [2.45, 2.75) is 12.5 Å². The Morgan fingerprint density at radius 3 is 3.07 bits per heavy atom. The summed E-state index contributed by atoms with van der Waals surface area (Å²) in [6, 6.07) is 1.59. The second kappa shape index (κ2) is 4.16. The first-order valence-corrected chi connectivity index (χ1v) is 5.13. The third-order valence-electron chi connectivity index (χ3n) is 2.45. The smallest absolute Gasteiger partial charge is 0.255 e. The third kappa shape index (κ3) is 2.11. The topological polar surface area (TPSA) is 53.4 Å². The Kier molecular flexibility index (Phi) is 2.88. The molecule has 1 aromatic rings. The summed E-state index contributed by atoms with van der Waals surface area (Å²) in [4.78, 5) is 17.3. The van der Waals surface area contributed by atoms with Gasteiger partial charge in [0.25, 0.3) is 5.91 Å². The molecule has 4 nitrogen and oxygen atoms in total. The van der Waals surface area contributed by atoms with Gasteiger partial charge in [-0.3, -0.25) is 9.78 Å². The van der Waals surface area contributed by atoms with Crippen molar-refractivity contribution in [1.29, 1.82) is 0 Å². The molecule has 1 N–H and O–H groups in total. The fraction of sp³-hybridized carbons (Fsp3) is 0.400. The van der Waals surface area contributed by atoms with Crippen molar-refractivity contribution in [2.24, 2.45) is 0 Å². The Bertz CT molecular complexity index is 383. The van der Waals surface area contributed by atoms with Crippen LogP contribution in [0.5, 0.6) is 0 Å². The average molecular weight is 227 g/mol. The summed E-state index contributed by atoms with van der Waals surface area (Å²) in [5.74, 6) is -0.140. The summed E-state index contributed by atoms with van der Waals surface area (Å²) in [6.45, 7) is 0.968. The van der Waals surface area contributed by atoms with Gasteiger partial charge in [0.1, 0.15) is 0 Å². The number of hydrogen-bond donors (Lipinski definition) is 1. The molecule has 1 amide bonds. The first-order chi connectivity index (χ1) is 7.18. The van der Waals surface area contributed by atoms with Crippen LogP contribution < -0.4 is 0 Å². The van der Waals surface area contributed by atoms with Crippen LogP contribution in [0.4, 0.5) is 0 Å². The van der Waals surface area contributed by atoms with Gasteiger partial charge in [0.05, 0.1) is 16.7 Å². The number of amides is 1. The van der Waals surface area contributed by atoms with Gasteiger partial charge in [0, 0.05) is 25.5 Å². The van der Waals surface area contributed by atoms with Crippen LogP contribution in [0.2, 0.25) is 5.02 Å². The van der Waals surface area contributed by atoms with Crippen molar-refractivity contribution >= 4 is 17.5 Å². The number of carbonyl (C=O) groups is 1. The fourth-order valence-corrected chi connectivity index (χ4v) is 1.85. The zero-order valence-electron chi connectivity index (χ0n) is 8.06. The Hall–Kier alpha value is -1.13. The van der Waals surface area contributed by atoms with Crippen molar-refractivity contribution in [3.05, 3.63) is 29.0 Å². The number of β-amino-alcohol motifs (C(OH)–C–C–N with tert-alkyl or cyclic N) is 1. The molecular formula is C10H11ClN2O2. The summed E-state index contributed by atoms with van der Waals surface area (Å²) in [5.41, 5.74) is 0.445. The molecule has 1 aliphatic rings. The van der Waals surface area contributed by atoms with E-state index in [2.05, 4.69) is 4.98 Å². The predicted octanol–water partition coefficient (Wildman–Crippen LogP) is 0.942. The van der Waals surface area contributed by atoms with Crippen molar-refractivity contribution in [1.82, 2.24) is 9.88 Å². The number of aliphatic hydroxyl groups excluding tert-OH is 1. The van der Waals surface area contributed by atoms with E-state index in [9.17, 15) is 9.90 Å². The van der Waals surface area contributed by atoms with Gasteiger partial charge in [-0.25, -0.2) is 0 Å². The normalized spacial score (nSPS) is 20.7. The van der Waals surface area contributed by atoms with E-state index < -0.39 is 6.10 Å². The number of pyridine rings is 1. The van der Waals surface area contributed by atoms with E-state index in [1.807, 2.05) is 0 Å². The number of aliphatic hydroxyl groups is 1. The molecule has 0 unspecified atom stereocenters. The van der Waals surface area contributed by atoms with Crippen molar-refractivity contribution in [3.63, 3.8) is 0 Å². The Morgan fingerprint density at radius 1 is 1.67 bits per heavy atom. The molecule has 15 heavy (non-hydrogen) atoms. The van der Waals surface area contributed by atoms with E-state index in [1.165, 1.54) is 12.4 Å². The third-order valence-corrected chi connectivity index (χ3v) is 2.75. The lowest BCUT2D eigenvalue weighted by atomic mass is 10.2. The standard InChI is InChI=1S/C10H11ClN2O2/c11-9-5-12-3-1-8(9)10(15)13-4-2-7(14)6-13/h1,3,5,7,14H,2,4,6H2/t7-/m0/s1. The van der Waals surface area contributed by atoms with E-state index in [1.54, 1.807) is 11.0 Å². The van der Waals surface area contributed by atoms with Gasteiger partial charge in [-0.05, 0) is 12.5 Å². The molecule has 1 aromatic heterocycles. The van der Waals surface area contributed by atoms with E-state index >= 15 is 0 Å². The number of nitrogens with zero attached hydrogens (tertiary/aromatic N) is 2. The minimum absolute atomic E-state index is 0.140. The number of halogens is 1. The van der Waals surface area contributed by atoms with Gasteiger partial charge in [-0.1, -0.05) is 11.6 Å².